The van der Waals surface area contributed by atoms with Gasteiger partial charge in [-0.3, -0.25) is 0 Å². The number of nitrogens with zero attached hydrogens (tertiary/aromatic N) is 2. The van der Waals surface area contributed by atoms with Gasteiger partial charge < -0.3 is 9.67 Å². The lowest BCUT2D eigenvalue weighted by Gasteiger charge is -2.11. The van der Waals surface area contributed by atoms with Crippen molar-refractivity contribution in [3.8, 4) is 0 Å². The van der Waals surface area contributed by atoms with Crippen molar-refractivity contribution in [2.75, 3.05) is 0 Å². The quantitative estimate of drug-likeness (QED) is 0.881. The van der Waals surface area contributed by atoms with E-state index in [0.717, 1.165) is 12.4 Å². The highest BCUT2D eigenvalue weighted by Gasteiger charge is 2.11. The molecule has 1 heterocycles. The second-order valence-corrected chi connectivity index (χ2v) is 3.90. The van der Waals surface area contributed by atoms with Gasteiger partial charge in [0.15, 0.2) is 0 Å². The molecule has 1 unspecified atom stereocenters. The van der Waals surface area contributed by atoms with E-state index < -0.39 is 6.10 Å². The van der Waals surface area contributed by atoms with Gasteiger partial charge in [-0.05, 0) is 24.6 Å². The van der Waals surface area contributed by atoms with Crippen molar-refractivity contribution in [1.82, 2.24) is 9.55 Å². The van der Waals surface area contributed by atoms with Gasteiger partial charge in [0.25, 0.3) is 0 Å². The van der Waals surface area contributed by atoms with Gasteiger partial charge in [-0.25, -0.2) is 9.37 Å². The lowest BCUT2D eigenvalue weighted by atomic mass is 10.1. The molecule has 4 heteroatoms. The number of halogens is 1. The highest BCUT2D eigenvalue weighted by atomic mass is 19.1. The van der Waals surface area contributed by atoms with Crippen LogP contribution in [-0.4, -0.2) is 14.7 Å². The molecule has 0 saturated carbocycles. The molecule has 17 heavy (non-hydrogen) atoms. The lowest BCUT2D eigenvalue weighted by molar-refractivity contribution is 0.174. The van der Waals surface area contributed by atoms with Crippen molar-refractivity contribution in [2.24, 2.45) is 0 Å². The first kappa shape index (κ1) is 11.8. The van der Waals surface area contributed by atoms with Crippen LogP contribution in [0.4, 0.5) is 4.39 Å². The normalized spacial score (nSPS) is 12.6. The van der Waals surface area contributed by atoms with Crippen LogP contribution >= 0.6 is 0 Å². The van der Waals surface area contributed by atoms with Gasteiger partial charge in [0, 0.05) is 25.4 Å². The maximum atomic E-state index is 12.7. The molecular weight excluding hydrogens is 219 g/mol. The third-order valence-corrected chi connectivity index (χ3v) is 2.77. The molecule has 1 aromatic heterocycles. The number of rotatable bonds is 4. The van der Waals surface area contributed by atoms with Crippen molar-refractivity contribution in [3.05, 3.63) is 53.9 Å². The van der Waals surface area contributed by atoms with Gasteiger partial charge in [0.05, 0.1) is 6.10 Å². The first-order valence-corrected chi connectivity index (χ1v) is 5.64. The van der Waals surface area contributed by atoms with Crippen LogP contribution in [0.5, 0.6) is 0 Å². The van der Waals surface area contributed by atoms with E-state index in [4.69, 9.17) is 0 Å². The first-order chi connectivity index (χ1) is 8.20. The van der Waals surface area contributed by atoms with Crippen molar-refractivity contribution in [2.45, 2.75) is 26.0 Å². The van der Waals surface area contributed by atoms with E-state index in [-0.39, 0.29) is 5.82 Å². The molecular formula is C13H15FN2O. The predicted molar refractivity (Wildman–Crippen MR) is 63.0 cm³/mol. The number of aryl methyl sites for hydroxylation is 1. The Morgan fingerprint density at radius 2 is 2.06 bits per heavy atom. The second-order valence-electron chi connectivity index (χ2n) is 3.90. The monoisotopic (exact) mass is 234 g/mol. The Labute approximate surface area is 99.5 Å². The second kappa shape index (κ2) is 5.10. The first-order valence-electron chi connectivity index (χ1n) is 5.64. The highest BCUT2D eigenvalue weighted by Crippen LogP contribution is 2.17. The summed E-state index contributed by atoms with van der Waals surface area (Å²) in [5, 5.41) is 10.0. The molecule has 90 valence electrons. The van der Waals surface area contributed by atoms with Crippen LogP contribution in [0.2, 0.25) is 0 Å². The van der Waals surface area contributed by atoms with Crippen LogP contribution < -0.4 is 0 Å². The van der Waals surface area contributed by atoms with E-state index in [0.29, 0.717) is 12.0 Å². The summed E-state index contributed by atoms with van der Waals surface area (Å²) in [4.78, 5) is 4.20. The molecule has 0 saturated heterocycles. The van der Waals surface area contributed by atoms with Crippen LogP contribution in [0.25, 0.3) is 0 Å². The molecule has 3 nitrogen and oxygen atoms in total. The summed E-state index contributed by atoms with van der Waals surface area (Å²) in [5.74, 6) is 0.542. The van der Waals surface area contributed by atoms with Gasteiger partial charge in [-0.1, -0.05) is 12.1 Å². The minimum atomic E-state index is -0.650. The van der Waals surface area contributed by atoms with Crippen LogP contribution in [0, 0.1) is 5.82 Å². The van der Waals surface area contributed by atoms with E-state index >= 15 is 0 Å². The number of hydrogen-bond acceptors (Lipinski definition) is 2. The molecule has 0 amide bonds. The Bertz CT molecular complexity index is 478. The Kier molecular flexibility index (Phi) is 3.54. The molecule has 0 spiro atoms. The van der Waals surface area contributed by atoms with Crippen molar-refractivity contribution in [1.29, 1.82) is 0 Å². The van der Waals surface area contributed by atoms with Crippen LogP contribution in [-0.2, 0) is 13.0 Å². The zero-order valence-corrected chi connectivity index (χ0v) is 9.68. The number of aromatic nitrogens is 2. The maximum Gasteiger partial charge on any atom is 0.123 e. The predicted octanol–water partition coefficient (Wildman–Crippen LogP) is 2.32. The number of aliphatic hydroxyl groups excluding tert-OH is 1. The van der Waals surface area contributed by atoms with Gasteiger partial charge in [-0.15, -0.1) is 0 Å². The number of hydrogen-bond donors (Lipinski definition) is 1. The zero-order chi connectivity index (χ0) is 12.3. The minimum Gasteiger partial charge on any atom is -0.388 e. The standard InChI is InChI=1S/C13H15FN2O/c1-2-16-8-7-15-13(16)9-12(17)10-3-5-11(14)6-4-10/h3-8,12,17H,2,9H2,1H3. The molecule has 0 bridgehead atoms. The maximum absolute atomic E-state index is 12.7. The summed E-state index contributed by atoms with van der Waals surface area (Å²) in [6, 6.07) is 5.90. The molecule has 0 radical (unpaired) electrons. The average Bonchev–Trinajstić information content (AvgIpc) is 2.77. The van der Waals surface area contributed by atoms with Gasteiger partial charge in [0.2, 0.25) is 0 Å². The SMILES string of the molecule is CCn1ccnc1CC(O)c1ccc(F)cc1. The number of benzene rings is 1. The van der Waals surface area contributed by atoms with Gasteiger partial charge in [-0.2, -0.15) is 0 Å². The molecule has 0 aliphatic carbocycles. The summed E-state index contributed by atoms with van der Waals surface area (Å²) >= 11 is 0. The van der Waals surface area contributed by atoms with E-state index in [9.17, 15) is 9.50 Å². The smallest absolute Gasteiger partial charge is 0.123 e. The average molecular weight is 234 g/mol. The van der Waals surface area contributed by atoms with Crippen molar-refractivity contribution in [3.63, 3.8) is 0 Å². The van der Waals surface area contributed by atoms with E-state index in [2.05, 4.69) is 4.98 Å². The number of aliphatic hydroxyl groups is 1. The molecule has 0 fully saturated rings. The topological polar surface area (TPSA) is 38.0 Å². The molecule has 2 rings (SSSR count). The Balaban J connectivity index is 2.11. The summed E-state index contributed by atoms with van der Waals surface area (Å²) in [7, 11) is 0. The molecule has 0 aliphatic heterocycles. The van der Waals surface area contributed by atoms with E-state index in [1.807, 2.05) is 17.7 Å². The molecule has 0 aliphatic rings. The summed E-state index contributed by atoms with van der Waals surface area (Å²) in [6.45, 7) is 2.85. The number of imidazole rings is 1. The Hall–Kier alpha value is -1.68. The summed E-state index contributed by atoms with van der Waals surface area (Å²) in [6.07, 6.45) is 3.39. The van der Waals surface area contributed by atoms with Crippen LogP contribution in [0.1, 0.15) is 24.4 Å². The lowest BCUT2D eigenvalue weighted by Crippen LogP contribution is -2.08. The minimum absolute atomic E-state index is 0.295. The summed E-state index contributed by atoms with van der Waals surface area (Å²) < 4.78 is 14.7. The van der Waals surface area contributed by atoms with Crippen molar-refractivity contribution >= 4 is 0 Å². The highest BCUT2D eigenvalue weighted by molar-refractivity contribution is 5.19. The van der Waals surface area contributed by atoms with Gasteiger partial charge in [0.1, 0.15) is 11.6 Å². The van der Waals surface area contributed by atoms with Crippen LogP contribution in [0.15, 0.2) is 36.7 Å². The molecule has 1 aromatic carbocycles. The van der Waals surface area contributed by atoms with Crippen molar-refractivity contribution < 1.29 is 9.50 Å². The molecule has 1 N–H and O–H groups in total. The van der Waals surface area contributed by atoms with E-state index in [1.165, 1.54) is 12.1 Å². The zero-order valence-electron chi connectivity index (χ0n) is 9.68. The fourth-order valence-corrected chi connectivity index (χ4v) is 1.79. The molecule has 2 aromatic rings. The fourth-order valence-electron chi connectivity index (χ4n) is 1.79. The summed E-state index contributed by atoms with van der Waals surface area (Å²) in [5.41, 5.74) is 0.706. The van der Waals surface area contributed by atoms with E-state index in [1.54, 1.807) is 18.3 Å². The Morgan fingerprint density at radius 3 is 2.71 bits per heavy atom. The van der Waals surface area contributed by atoms with Crippen LogP contribution in [0.3, 0.4) is 0 Å². The third-order valence-electron chi connectivity index (χ3n) is 2.77. The Morgan fingerprint density at radius 1 is 1.35 bits per heavy atom. The fraction of sp³-hybridized carbons (Fsp3) is 0.308. The van der Waals surface area contributed by atoms with Gasteiger partial charge >= 0.3 is 0 Å². The third kappa shape index (κ3) is 2.71. The molecule has 1 atom stereocenters. The largest absolute Gasteiger partial charge is 0.388 e.